The molecular formula is C21H26ClNO3. The van der Waals surface area contributed by atoms with E-state index in [1.54, 1.807) is 18.2 Å². The Morgan fingerprint density at radius 1 is 1.08 bits per heavy atom. The van der Waals surface area contributed by atoms with Gasteiger partial charge in [-0.25, -0.2) is 0 Å². The minimum Gasteiger partial charge on any atom is -0.492 e. The number of amides is 1. The van der Waals surface area contributed by atoms with E-state index in [9.17, 15) is 4.79 Å². The SMILES string of the molecule is CCOc1ccc(C(=O)NCCOc2ccc(C(C)(C)C)cc2)cc1Cl. The molecule has 0 saturated heterocycles. The summed E-state index contributed by atoms with van der Waals surface area (Å²) in [5.41, 5.74) is 1.87. The number of hydrogen-bond donors (Lipinski definition) is 1. The summed E-state index contributed by atoms with van der Waals surface area (Å²) in [6, 6.07) is 13.0. The smallest absolute Gasteiger partial charge is 0.251 e. The quantitative estimate of drug-likeness (QED) is 0.704. The zero-order chi connectivity index (χ0) is 19.2. The van der Waals surface area contributed by atoms with Crippen molar-refractivity contribution >= 4 is 17.5 Å². The van der Waals surface area contributed by atoms with Gasteiger partial charge in [-0.2, -0.15) is 0 Å². The van der Waals surface area contributed by atoms with Crippen LogP contribution in [-0.2, 0) is 5.41 Å². The van der Waals surface area contributed by atoms with Crippen molar-refractivity contribution in [1.29, 1.82) is 0 Å². The molecule has 0 aliphatic carbocycles. The van der Waals surface area contributed by atoms with Crippen LogP contribution < -0.4 is 14.8 Å². The minimum atomic E-state index is -0.193. The van der Waals surface area contributed by atoms with Gasteiger partial charge in [-0.3, -0.25) is 4.79 Å². The summed E-state index contributed by atoms with van der Waals surface area (Å²) in [6.07, 6.45) is 0. The van der Waals surface area contributed by atoms with Gasteiger partial charge in [-0.05, 0) is 48.2 Å². The summed E-state index contributed by atoms with van der Waals surface area (Å²) in [5, 5.41) is 3.25. The van der Waals surface area contributed by atoms with Crippen molar-refractivity contribution in [2.45, 2.75) is 33.1 Å². The van der Waals surface area contributed by atoms with Crippen molar-refractivity contribution in [2.75, 3.05) is 19.8 Å². The minimum absolute atomic E-state index is 0.117. The average molecular weight is 376 g/mol. The molecule has 0 aromatic heterocycles. The van der Waals surface area contributed by atoms with Crippen molar-refractivity contribution in [2.24, 2.45) is 0 Å². The number of hydrogen-bond acceptors (Lipinski definition) is 3. The Labute approximate surface area is 160 Å². The lowest BCUT2D eigenvalue weighted by Crippen LogP contribution is -2.28. The zero-order valence-electron chi connectivity index (χ0n) is 15.8. The Morgan fingerprint density at radius 3 is 2.35 bits per heavy atom. The average Bonchev–Trinajstić information content (AvgIpc) is 2.60. The highest BCUT2D eigenvalue weighted by Gasteiger charge is 2.13. The molecule has 4 nitrogen and oxygen atoms in total. The molecule has 0 fully saturated rings. The highest BCUT2D eigenvalue weighted by Crippen LogP contribution is 2.25. The second-order valence-electron chi connectivity index (χ2n) is 6.96. The van der Waals surface area contributed by atoms with Gasteiger partial charge in [0.05, 0.1) is 18.2 Å². The van der Waals surface area contributed by atoms with Gasteiger partial charge in [-0.15, -0.1) is 0 Å². The molecule has 1 amide bonds. The van der Waals surface area contributed by atoms with Crippen LogP contribution in [0, 0.1) is 0 Å². The van der Waals surface area contributed by atoms with Crippen LogP contribution in [0.4, 0.5) is 0 Å². The molecule has 1 N–H and O–H groups in total. The number of ether oxygens (including phenoxy) is 2. The first-order valence-electron chi connectivity index (χ1n) is 8.75. The van der Waals surface area contributed by atoms with Crippen LogP contribution in [0.2, 0.25) is 5.02 Å². The monoisotopic (exact) mass is 375 g/mol. The molecular weight excluding hydrogens is 350 g/mol. The fourth-order valence-corrected chi connectivity index (χ4v) is 2.64. The second kappa shape index (κ2) is 8.95. The van der Waals surface area contributed by atoms with Crippen molar-refractivity contribution in [1.82, 2.24) is 5.32 Å². The lowest BCUT2D eigenvalue weighted by molar-refractivity contribution is 0.0947. The predicted octanol–water partition coefficient (Wildman–Crippen LogP) is 4.85. The van der Waals surface area contributed by atoms with Gasteiger partial charge >= 0.3 is 0 Å². The summed E-state index contributed by atoms with van der Waals surface area (Å²) < 4.78 is 11.0. The third kappa shape index (κ3) is 5.67. The van der Waals surface area contributed by atoms with Crippen LogP contribution in [-0.4, -0.2) is 25.7 Å². The van der Waals surface area contributed by atoms with Gasteiger partial charge in [0.1, 0.15) is 18.1 Å². The maximum absolute atomic E-state index is 12.2. The number of benzene rings is 2. The molecule has 5 heteroatoms. The third-order valence-electron chi connectivity index (χ3n) is 3.87. The second-order valence-corrected chi connectivity index (χ2v) is 7.36. The fourth-order valence-electron chi connectivity index (χ4n) is 2.40. The molecule has 0 aliphatic rings. The summed E-state index contributed by atoms with van der Waals surface area (Å²) in [7, 11) is 0. The van der Waals surface area contributed by atoms with Crippen molar-refractivity contribution in [3.05, 3.63) is 58.6 Å². The van der Waals surface area contributed by atoms with Crippen LogP contribution in [0.15, 0.2) is 42.5 Å². The lowest BCUT2D eigenvalue weighted by Gasteiger charge is -2.19. The summed E-state index contributed by atoms with van der Waals surface area (Å²) in [5.74, 6) is 1.17. The molecule has 0 aliphatic heterocycles. The number of carbonyl (C=O) groups is 1. The molecule has 2 aromatic carbocycles. The van der Waals surface area contributed by atoms with Crippen LogP contribution in [0.5, 0.6) is 11.5 Å². The largest absolute Gasteiger partial charge is 0.492 e. The number of carbonyl (C=O) groups excluding carboxylic acids is 1. The Balaban J connectivity index is 1.80. The van der Waals surface area contributed by atoms with Crippen molar-refractivity contribution < 1.29 is 14.3 Å². The zero-order valence-corrected chi connectivity index (χ0v) is 16.5. The van der Waals surface area contributed by atoms with Crippen molar-refractivity contribution in [3.8, 4) is 11.5 Å². The molecule has 0 heterocycles. The van der Waals surface area contributed by atoms with Crippen LogP contribution >= 0.6 is 11.6 Å². The lowest BCUT2D eigenvalue weighted by atomic mass is 9.87. The van der Waals surface area contributed by atoms with Gasteiger partial charge in [0, 0.05) is 5.56 Å². The maximum atomic E-state index is 12.2. The van der Waals surface area contributed by atoms with Gasteiger partial charge in [0.2, 0.25) is 0 Å². The first-order valence-corrected chi connectivity index (χ1v) is 9.13. The highest BCUT2D eigenvalue weighted by molar-refractivity contribution is 6.32. The molecule has 0 bridgehead atoms. The fraction of sp³-hybridized carbons (Fsp3) is 0.381. The van der Waals surface area contributed by atoms with Gasteiger partial charge in [-0.1, -0.05) is 44.5 Å². The van der Waals surface area contributed by atoms with E-state index in [2.05, 4.69) is 38.2 Å². The summed E-state index contributed by atoms with van der Waals surface area (Å²) >= 11 is 6.11. The Hall–Kier alpha value is -2.20. The predicted molar refractivity (Wildman–Crippen MR) is 106 cm³/mol. The maximum Gasteiger partial charge on any atom is 0.251 e. The van der Waals surface area contributed by atoms with E-state index in [0.717, 1.165) is 5.75 Å². The van der Waals surface area contributed by atoms with E-state index in [-0.39, 0.29) is 11.3 Å². The number of rotatable bonds is 7. The first-order chi connectivity index (χ1) is 12.3. The highest BCUT2D eigenvalue weighted by atomic mass is 35.5. The number of halogens is 1. The van der Waals surface area contributed by atoms with Crippen LogP contribution in [0.25, 0.3) is 0 Å². The van der Waals surface area contributed by atoms with Gasteiger partial charge in [0.25, 0.3) is 5.91 Å². The summed E-state index contributed by atoms with van der Waals surface area (Å²) in [4.78, 5) is 12.2. The van der Waals surface area contributed by atoms with E-state index in [4.69, 9.17) is 21.1 Å². The molecule has 2 rings (SSSR count). The third-order valence-corrected chi connectivity index (χ3v) is 4.17. The normalized spacial score (nSPS) is 11.1. The molecule has 2 aromatic rings. The Bertz CT molecular complexity index is 736. The molecule has 26 heavy (non-hydrogen) atoms. The van der Waals surface area contributed by atoms with Crippen molar-refractivity contribution in [3.63, 3.8) is 0 Å². The van der Waals surface area contributed by atoms with E-state index in [1.807, 2.05) is 19.1 Å². The van der Waals surface area contributed by atoms with E-state index in [0.29, 0.717) is 36.1 Å². The molecule has 0 spiro atoms. The molecule has 140 valence electrons. The topological polar surface area (TPSA) is 47.6 Å². The number of nitrogens with one attached hydrogen (secondary N) is 1. The molecule has 0 radical (unpaired) electrons. The van der Waals surface area contributed by atoms with E-state index < -0.39 is 0 Å². The Kier molecular flexibility index (Phi) is 6.92. The first kappa shape index (κ1) is 20.1. The van der Waals surface area contributed by atoms with Gasteiger partial charge in [0.15, 0.2) is 0 Å². The molecule has 0 atom stereocenters. The van der Waals surface area contributed by atoms with Crippen LogP contribution in [0.1, 0.15) is 43.6 Å². The van der Waals surface area contributed by atoms with Crippen LogP contribution in [0.3, 0.4) is 0 Å². The van der Waals surface area contributed by atoms with E-state index in [1.165, 1.54) is 5.56 Å². The summed E-state index contributed by atoms with van der Waals surface area (Å²) in [6.45, 7) is 9.73. The van der Waals surface area contributed by atoms with E-state index >= 15 is 0 Å². The molecule has 0 saturated carbocycles. The Morgan fingerprint density at radius 2 is 1.77 bits per heavy atom. The standard InChI is InChI=1S/C21H26ClNO3/c1-5-25-19-11-6-15(14-18(19)22)20(24)23-12-13-26-17-9-7-16(8-10-17)21(2,3)4/h6-11,14H,5,12-13H2,1-4H3,(H,23,24). The van der Waals surface area contributed by atoms with Gasteiger partial charge < -0.3 is 14.8 Å². The molecule has 0 unspecified atom stereocenters.